The van der Waals surface area contributed by atoms with Crippen molar-refractivity contribution in [3.05, 3.63) is 41.7 Å². The van der Waals surface area contributed by atoms with Crippen LogP contribution in [0.4, 0.5) is 0 Å². The van der Waals surface area contributed by atoms with E-state index in [2.05, 4.69) is 10.5 Å². The summed E-state index contributed by atoms with van der Waals surface area (Å²) in [6.07, 6.45) is 1.79. The van der Waals surface area contributed by atoms with Crippen LogP contribution in [0.1, 0.15) is 42.3 Å². The summed E-state index contributed by atoms with van der Waals surface area (Å²) < 4.78 is 30.9. The first-order chi connectivity index (χ1) is 12.9. The summed E-state index contributed by atoms with van der Waals surface area (Å²) >= 11 is 0. The molecule has 2 aromatic rings. The number of hydrogen-bond acceptors (Lipinski definition) is 5. The highest BCUT2D eigenvalue weighted by atomic mass is 32.2. The topological polar surface area (TPSA) is 92.5 Å². The number of amides is 1. The summed E-state index contributed by atoms with van der Waals surface area (Å²) in [6.45, 7) is 4.72. The molecule has 0 bridgehead atoms. The summed E-state index contributed by atoms with van der Waals surface area (Å²) in [5.74, 6) is 0.00601. The lowest BCUT2D eigenvalue weighted by atomic mass is 10.1. The number of carbonyl (C=O) groups is 1. The standard InChI is InChI=1S/C19H25N3O4S/c1-3-12-27(24,25)22-10-8-16(9-11-22)20-19(23)18-13-17(21-26-18)15-6-4-14(2)5-7-15/h4-7,13,16H,3,8-12H2,1-2H3,(H,20,23). The third-order valence-electron chi connectivity index (χ3n) is 4.73. The molecule has 0 atom stereocenters. The molecule has 0 unspecified atom stereocenters. The zero-order valence-electron chi connectivity index (χ0n) is 15.6. The fourth-order valence-corrected chi connectivity index (χ4v) is 4.71. The predicted molar refractivity (Wildman–Crippen MR) is 103 cm³/mol. The van der Waals surface area contributed by atoms with Gasteiger partial charge < -0.3 is 9.84 Å². The van der Waals surface area contributed by atoms with Crippen LogP contribution in [0.3, 0.4) is 0 Å². The number of nitrogens with one attached hydrogen (secondary N) is 1. The second-order valence-electron chi connectivity index (χ2n) is 6.91. The Labute approximate surface area is 159 Å². The second-order valence-corrected chi connectivity index (χ2v) is 8.99. The lowest BCUT2D eigenvalue weighted by Crippen LogP contribution is -2.47. The monoisotopic (exact) mass is 391 g/mol. The number of piperidine rings is 1. The van der Waals surface area contributed by atoms with Crippen LogP contribution in [0.25, 0.3) is 11.3 Å². The minimum atomic E-state index is -3.18. The number of hydrogen-bond donors (Lipinski definition) is 1. The molecular formula is C19H25N3O4S. The smallest absolute Gasteiger partial charge is 0.290 e. The number of aromatic nitrogens is 1. The summed E-state index contributed by atoms with van der Waals surface area (Å²) in [4.78, 5) is 12.4. The Bertz CT molecular complexity index is 882. The Kier molecular flexibility index (Phi) is 5.96. The van der Waals surface area contributed by atoms with Gasteiger partial charge in [0.15, 0.2) is 0 Å². The van der Waals surface area contributed by atoms with Crippen molar-refractivity contribution in [2.75, 3.05) is 18.8 Å². The molecule has 1 aromatic heterocycles. The second kappa shape index (κ2) is 8.22. The van der Waals surface area contributed by atoms with Crippen molar-refractivity contribution in [1.82, 2.24) is 14.8 Å². The maximum atomic E-state index is 12.4. The van der Waals surface area contributed by atoms with Crippen molar-refractivity contribution in [3.63, 3.8) is 0 Å². The van der Waals surface area contributed by atoms with Crippen LogP contribution in [-0.4, -0.2) is 48.7 Å². The molecule has 2 heterocycles. The van der Waals surface area contributed by atoms with Crippen LogP contribution >= 0.6 is 0 Å². The van der Waals surface area contributed by atoms with Crippen molar-refractivity contribution >= 4 is 15.9 Å². The van der Waals surface area contributed by atoms with Crippen LogP contribution < -0.4 is 5.32 Å². The average molecular weight is 391 g/mol. The first-order valence-corrected chi connectivity index (χ1v) is 10.8. The molecule has 0 aliphatic carbocycles. The highest BCUT2D eigenvalue weighted by Gasteiger charge is 2.28. The van der Waals surface area contributed by atoms with E-state index < -0.39 is 10.0 Å². The molecule has 27 heavy (non-hydrogen) atoms. The number of nitrogens with zero attached hydrogens (tertiary/aromatic N) is 2. The van der Waals surface area contributed by atoms with Gasteiger partial charge in [-0.05, 0) is 26.2 Å². The molecular weight excluding hydrogens is 366 g/mol. The van der Waals surface area contributed by atoms with Crippen molar-refractivity contribution < 1.29 is 17.7 Å². The molecule has 1 saturated heterocycles. The van der Waals surface area contributed by atoms with Gasteiger partial charge in [-0.3, -0.25) is 4.79 Å². The minimum Gasteiger partial charge on any atom is -0.350 e. The van der Waals surface area contributed by atoms with Gasteiger partial charge in [-0.2, -0.15) is 0 Å². The number of carbonyl (C=O) groups excluding carboxylic acids is 1. The summed E-state index contributed by atoms with van der Waals surface area (Å²) in [7, 11) is -3.18. The Morgan fingerprint density at radius 2 is 1.93 bits per heavy atom. The third-order valence-corrected chi connectivity index (χ3v) is 6.80. The minimum absolute atomic E-state index is 0.0708. The molecule has 0 spiro atoms. The number of aryl methyl sites for hydroxylation is 1. The molecule has 1 aromatic carbocycles. The average Bonchev–Trinajstić information content (AvgIpc) is 3.13. The van der Waals surface area contributed by atoms with E-state index in [0.717, 1.165) is 11.1 Å². The van der Waals surface area contributed by atoms with E-state index in [0.29, 0.717) is 38.0 Å². The maximum Gasteiger partial charge on any atom is 0.290 e. The molecule has 3 rings (SSSR count). The van der Waals surface area contributed by atoms with E-state index >= 15 is 0 Å². The van der Waals surface area contributed by atoms with Gasteiger partial charge in [0.25, 0.3) is 5.91 Å². The van der Waals surface area contributed by atoms with Crippen LogP contribution in [0, 0.1) is 6.92 Å². The Balaban J connectivity index is 1.57. The molecule has 7 nitrogen and oxygen atoms in total. The van der Waals surface area contributed by atoms with Crippen LogP contribution in [0.2, 0.25) is 0 Å². The zero-order valence-corrected chi connectivity index (χ0v) is 16.5. The molecule has 1 aliphatic rings. The zero-order chi connectivity index (χ0) is 19.4. The largest absolute Gasteiger partial charge is 0.350 e. The first kappa shape index (κ1) is 19.6. The lowest BCUT2D eigenvalue weighted by Gasteiger charge is -2.31. The van der Waals surface area contributed by atoms with Crippen molar-refractivity contribution in [1.29, 1.82) is 0 Å². The lowest BCUT2D eigenvalue weighted by molar-refractivity contribution is 0.0886. The van der Waals surface area contributed by atoms with E-state index in [1.54, 1.807) is 6.07 Å². The molecule has 1 aliphatic heterocycles. The highest BCUT2D eigenvalue weighted by molar-refractivity contribution is 7.89. The molecule has 0 radical (unpaired) electrons. The quantitative estimate of drug-likeness (QED) is 0.817. The molecule has 1 amide bonds. The van der Waals surface area contributed by atoms with Crippen molar-refractivity contribution in [3.8, 4) is 11.3 Å². The predicted octanol–water partition coefficient (Wildman–Crippen LogP) is 2.58. The van der Waals surface area contributed by atoms with Crippen molar-refractivity contribution in [2.24, 2.45) is 0 Å². The number of sulfonamides is 1. The summed E-state index contributed by atoms with van der Waals surface area (Å²) in [5, 5.41) is 6.89. The van der Waals surface area contributed by atoms with Gasteiger partial charge in [0.1, 0.15) is 5.69 Å². The van der Waals surface area contributed by atoms with Gasteiger partial charge in [0.05, 0.1) is 5.75 Å². The SMILES string of the molecule is CCCS(=O)(=O)N1CCC(NC(=O)c2cc(-c3ccc(C)cc3)no2)CC1. The van der Waals surface area contributed by atoms with Gasteiger partial charge in [0.2, 0.25) is 15.8 Å². The van der Waals surface area contributed by atoms with Gasteiger partial charge in [-0.15, -0.1) is 0 Å². The highest BCUT2D eigenvalue weighted by Crippen LogP contribution is 2.20. The van der Waals surface area contributed by atoms with Gasteiger partial charge in [-0.1, -0.05) is 41.9 Å². The van der Waals surface area contributed by atoms with Crippen molar-refractivity contribution in [2.45, 2.75) is 39.2 Å². The molecule has 8 heteroatoms. The summed E-state index contributed by atoms with van der Waals surface area (Å²) in [5.41, 5.74) is 2.64. The van der Waals surface area contributed by atoms with E-state index in [-0.39, 0.29) is 23.5 Å². The fraction of sp³-hybridized carbons (Fsp3) is 0.474. The van der Waals surface area contributed by atoms with Gasteiger partial charge in [-0.25, -0.2) is 12.7 Å². The third kappa shape index (κ3) is 4.75. The van der Waals surface area contributed by atoms with E-state index in [1.807, 2.05) is 38.1 Å². The van der Waals surface area contributed by atoms with Crippen LogP contribution in [0.15, 0.2) is 34.9 Å². The number of benzene rings is 1. The molecule has 146 valence electrons. The Morgan fingerprint density at radius 1 is 1.26 bits per heavy atom. The number of rotatable bonds is 6. The Morgan fingerprint density at radius 3 is 2.56 bits per heavy atom. The Hall–Kier alpha value is -2.19. The van der Waals surface area contributed by atoms with E-state index in [9.17, 15) is 13.2 Å². The van der Waals surface area contributed by atoms with Gasteiger partial charge in [0, 0.05) is 30.8 Å². The van der Waals surface area contributed by atoms with Crippen LogP contribution in [-0.2, 0) is 10.0 Å². The van der Waals surface area contributed by atoms with Crippen LogP contribution in [0.5, 0.6) is 0 Å². The van der Waals surface area contributed by atoms with E-state index in [4.69, 9.17) is 4.52 Å². The first-order valence-electron chi connectivity index (χ1n) is 9.21. The molecule has 0 saturated carbocycles. The molecule has 1 N–H and O–H groups in total. The maximum absolute atomic E-state index is 12.4. The fourth-order valence-electron chi connectivity index (χ4n) is 3.16. The molecule has 1 fully saturated rings. The normalized spacial score (nSPS) is 16.4. The van der Waals surface area contributed by atoms with E-state index in [1.165, 1.54) is 4.31 Å². The van der Waals surface area contributed by atoms with Gasteiger partial charge >= 0.3 is 0 Å². The summed E-state index contributed by atoms with van der Waals surface area (Å²) in [6, 6.07) is 9.37.